The van der Waals surface area contributed by atoms with Gasteiger partial charge in [-0.15, -0.1) is 0 Å². The average molecular weight is 680 g/mol. The molecule has 1 heterocycles. The second-order valence-electron chi connectivity index (χ2n) is 12.9. The van der Waals surface area contributed by atoms with Gasteiger partial charge in [-0.3, -0.25) is 14.4 Å². The summed E-state index contributed by atoms with van der Waals surface area (Å²) in [4.78, 5) is 43.6. The van der Waals surface area contributed by atoms with Crippen LogP contribution in [0.25, 0.3) is 0 Å². The lowest BCUT2D eigenvalue weighted by Gasteiger charge is -2.28. The summed E-state index contributed by atoms with van der Waals surface area (Å²) in [5.74, 6) is -1.10. The molecule has 264 valence electrons. The summed E-state index contributed by atoms with van der Waals surface area (Å²) in [6, 6.07) is 21.4. The Morgan fingerprint density at radius 3 is 2.40 bits per heavy atom. The van der Waals surface area contributed by atoms with E-state index in [1.807, 2.05) is 43.3 Å². The number of nitrogens with one attached hydrogen (secondary N) is 1. The number of hydrogen-bond donors (Lipinski definition) is 3. The fourth-order valence-electron chi connectivity index (χ4n) is 5.95. The van der Waals surface area contributed by atoms with Gasteiger partial charge in [0, 0.05) is 48.8 Å². The van der Waals surface area contributed by atoms with Crippen LogP contribution < -0.4 is 15.0 Å². The molecule has 0 saturated carbocycles. The summed E-state index contributed by atoms with van der Waals surface area (Å²) in [6.07, 6.45) is 9.32. The van der Waals surface area contributed by atoms with Gasteiger partial charge in [-0.05, 0) is 81.6 Å². The van der Waals surface area contributed by atoms with Crippen molar-refractivity contribution in [2.45, 2.75) is 59.1 Å². The van der Waals surface area contributed by atoms with E-state index >= 15 is 0 Å². The van der Waals surface area contributed by atoms with Crippen LogP contribution in [0.3, 0.4) is 0 Å². The van der Waals surface area contributed by atoms with E-state index in [1.54, 1.807) is 78.4 Å². The number of nitrogens with zero attached hydrogens (tertiary/aromatic N) is 2. The second kappa shape index (κ2) is 17.6. The Morgan fingerprint density at radius 2 is 1.74 bits per heavy atom. The fraction of sp³-hybridized carbons (Fsp3) is 0.341. The molecule has 0 aromatic heterocycles. The molecule has 2 atom stereocenters. The van der Waals surface area contributed by atoms with Crippen LogP contribution in [0.2, 0.25) is 0 Å². The third-order valence-corrected chi connectivity index (χ3v) is 8.91. The lowest BCUT2D eigenvalue weighted by molar-refractivity contribution is -0.139. The van der Waals surface area contributed by atoms with Crippen LogP contribution in [-0.2, 0) is 21.7 Å². The van der Waals surface area contributed by atoms with E-state index in [0.29, 0.717) is 34.8 Å². The molecule has 50 heavy (non-hydrogen) atoms. The lowest BCUT2D eigenvalue weighted by Crippen LogP contribution is -2.44. The van der Waals surface area contributed by atoms with Crippen molar-refractivity contribution >= 4 is 29.1 Å². The fourth-order valence-corrected chi connectivity index (χ4v) is 5.95. The summed E-state index contributed by atoms with van der Waals surface area (Å²) < 4.78 is 5.19. The molecule has 0 radical (unpaired) electrons. The normalized spacial score (nSPS) is 16.3. The molecule has 3 amide bonds. The van der Waals surface area contributed by atoms with Gasteiger partial charge in [0.05, 0.1) is 19.4 Å². The number of ether oxygens (including phenoxy) is 1. The number of aliphatic hydroxyl groups is 2. The van der Waals surface area contributed by atoms with Gasteiger partial charge in [0.25, 0.3) is 11.8 Å². The van der Waals surface area contributed by atoms with Gasteiger partial charge in [0.15, 0.2) is 5.60 Å². The van der Waals surface area contributed by atoms with Gasteiger partial charge in [-0.1, -0.05) is 72.7 Å². The van der Waals surface area contributed by atoms with Crippen molar-refractivity contribution in [3.8, 4) is 5.75 Å². The third-order valence-electron chi connectivity index (χ3n) is 8.91. The summed E-state index contributed by atoms with van der Waals surface area (Å²) >= 11 is 0. The number of benzene rings is 3. The van der Waals surface area contributed by atoms with Crippen molar-refractivity contribution in [2.75, 3.05) is 37.0 Å². The molecule has 1 aliphatic heterocycles. The molecule has 3 N–H and O–H groups in total. The van der Waals surface area contributed by atoms with Crippen LogP contribution in [0.5, 0.6) is 5.75 Å². The zero-order chi connectivity index (χ0) is 36.3. The first-order valence-corrected chi connectivity index (χ1v) is 17.0. The Morgan fingerprint density at radius 1 is 1.02 bits per heavy atom. The molecule has 0 fully saturated rings. The highest BCUT2D eigenvalue weighted by Gasteiger charge is 2.52. The smallest absolute Gasteiger partial charge is 0.264 e. The van der Waals surface area contributed by atoms with Gasteiger partial charge in [0.2, 0.25) is 5.91 Å². The first-order valence-electron chi connectivity index (χ1n) is 17.0. The highest BCUT2D eigenvalue weighted by atomic mass is 16.5. The van der Waals surface area contributed by atoms with Crippen molar-refractivity contribution in [3.63, 3.8) is 0 Å². The van der Waals surface area contributed by atoms with Gasteiger partial charge in [-0.25, -0.2) is 0 Å². The van der Waals surface area contributed by atoms with Gasteiger partial charge in [-0.2, -0.15) is 0 Å². The van der Waals surface area contributed by atoms with Gasteiger partial charge >= 0.3 is 0 Å². The van der Waals surface area contributed by atoms with Crippen molar-refractivity contribution in [1.29, 1.82) is 0 Å². The number of amides is 3. The first-order chi connectivity index (χ1) is 24.0. The largest absolute Gasteiger partial charge is 0.497 e. The van der Waals surface area contributed by atoms with E-state index in [2.05, 4.69) is 25.2 Å². The first kappa shape index (κ1) is 37.8. The van der Waals surface area contributed by atoms with Crippen LogP contribution in [0.15, 0.2) is 108 Å². The van der Waals surface area contributed by atoms with E-state index in [0.717, 1.165) is 24.0 Å². The SMILES string of the molecule is COc1ccc(C(=O)Nc2ccc3c(c2)[C@](O)([C@@H](C)/C=C/CC(=O)N(CCO)Cc2ccccc2)C(=O)N3C/C=C(\C)CCC=C(C)C)cc1. The van der Waals surface area contributed by atoms with Crippen LogP contribution in [0.4, 0.5) is 11.4 Å². The number of aliphatic hydroxyl groups excluding tert-OH is 1. The quantitative estimate of drug-likeness (QED) is 0.144. The number of anilines is 2. The Balaban J connectivity index is 1.59. The maximum atomic E-state index is 14.2. The summed E-state index contributed by atoms with van der Waals surface area (Å²) in [5, 5.41) is 24.8. The minimum atomic E-state index is -1.95. The Hall–Kier alpha value is -4.99. The third kappa shape index (κ3) is 9.37. The van der Waals surface area contributed by atoms with Crippen LogP contribution in [-0.4, -0.2) is 59.6 Å². The Bertz CT molecular complexity index is 1730. The lowest BCUT2D eigenvalue weighted by atomic mass is 9.82. The summed E-state index contributed by atoms with van der Waals surface area (Å²) in [6.45, 7) is 8.56. The minimum Gasteiger partial charge on any atom is -0.497 e. The van der Waals surface area contributed by atoms with Crippen LogP contribution in [0, 0.1) is 5.92 Å². The number of hydrogen-bond acceptors (Lipinski definition) is 6. The molecule has 0 saturated heterocycles. The molecule has 3 aromatic carbocycles. The monoisotopic (exact) mass is 679 g/mol. The molecular weight excluding hydrogens is 630 g/mol. The Labute approximate surface area is 295 Å². The molecule has 0 unspecified atom stereocenters. The summed E-state index contributed by atoms with van der Waals surface area (Å²) in [7, 11) is 1.55. The van der Waals surface area contributed by atoms with Gasteiger partial charge in [0.1, 0.15) is 5.75 Å². The highest BCUT2D eigenvalue weighted by Crippen LogP contribution is 2.46. The second-order valence-corrected chi connectivity index (χ2v) is 12.9. The van der Waals surface area contributed by atoms with E-state index in [-0.39, 0.29) is 37.9 Å². The van der Waals surface area contributed by atoms with E-state index in [1.165, 1.54) is 5.57 Å². The maximum absolute atomic E-state index is 14.2. The minimum absolute atomic E-state index is 0.0313. The molecule has 1 aliphatic rings. The molecule has 0 spiro atoms. The van der Waals surface area contributed by atoms with Crippen molar-refractivity contribution in [3.05, 3.63) is 125 Å². The van der Waals surface area contributed by atoms with Gasteiger partial charge < -0.3 is 30.1 Å². The van der Waals surface area contributed by atoms with Crippen LogP contribution in [0.1, 0.15) is 68.4 Å². The molecule has 9 nitrogen and oxygen atoms in total. The number of methoxy groups -OCH3 is 1. The number of allylic oxidation sites excluding steroid dienone is 3. The molecule has 0 bridgehead atoms. The van der Waals surface area contributed by atoms with E-state index in [9.17, 15) is 24.6 Å². The van der Waals surface area contributed by atoms with Crippen molar-refractivity contribution < 1.29 is 29.3 Å². The zero-order valence-electron chi connectivity index (χ0n) is 29.7. The topological polar surface area (TPSA) is 119 Å². The predicted molar refractivity (Wildman–Crippen MR) is 198 cm³/mol. The van der Waals surface area contributed by atoms with Crippen molar-refractivity contribution in [1.82, 2.24) is 4.90 Å². The number of fused-ring (bicyclic) bond motifs is 1. The van der Waals surface area contributed by atoms with E-state index in [4.69, 9.17) is 4.74 Å². The molecule has 4 rings (SSSR count). The maximum Gasteiger partial charge on any atom is 0.264 e. The number of carbonyl (C=O) groups excluding carboxylic acids is 3. The average Bonchev–Trinajstić information content (AvgIpc) is 3.32. The standard InChI is InChI=1S/C41H49N3O6/c1-29(2)11-9-12-30(3)23-24-44-37-22-19-34(42-39(47)33-17-20-35(50-5)21-18-33)27-36(37)41(49,40(44)48)31(4)13-10-16-38(46)43(25-26-45)28-32-14-7-6-8-15-32/h6-8,10-11,13-15,17-23,27,31,45,49H,9,12,16,24-26,28H2,1-5H3,(H,42,47)/b13-10+,30-23+/t31-,41+/m0/s1. The summed E-state index contributed by atoms with van der Waals surface area (Å²) in [5.41, 5.74) is 3.17. The molecule has 0 aliphatic carbocycles. The molecule has 9 heteroatoms. The van der Waals surface area contributed by atoms with Crippen LogP contribution >= 0.6 is 0 Å². The van der Waals surface area contributed by atoms with E-state index < -0.39 is 17.4 Å². The predicted octanol–water partition coefficient (Wildman–Crippen LogP) is 6.78. The van der Waals surface area contributed by atoms with Crippen molar-refractivity contribution in [2.24, 2.45) is 5.92 Å². The Kier molecular flexibility index (Phi) is 13.3. The zero-order valence-corrected chi connectivity index (χ0v) is 29.7. The highest BCUT2D eigenvalue weighted by molar-refractivity contribution is 6.09. The number of carbonyl (C=O) groups is 3. The molecular formula is C41H49N3O6. The number of rotatable bonds is 16. The molecule has 3 aromatic rings.